The molecule has 8 nitrogen and oxygen atoms in total. The highest BCUT2D eigenvalue weighted by Crippen LogP contribution is 2.33. The Bertz CT molecular complexity index is 1400. The van der Waals surface area contributed by atoms with Crippen molar-refractivity contribution in [3.63, 3.8) is 0 Å². The monoisotopic (exact) mass is 467 g/mol. The van der Waals surface area contributed by atoms with Gasteiger partial charge in [-0.25, -0.2) is 18.1 Å². The molecular weight excluding hydrogens is 446 g/mol. The molecule has 32 heavy (non-hydrogen) atoms. The molecule has 5 rings (SSSR count). The Morgan fingerprint density at radius 1 is 1.31 bits per heavy atom. The van der Waals surface area contributed by atoms with E-state index in [9.17, 15) is 13.2 Å². The average Bonchev–Trinajstić information content (AvgIpc) is 3.51. The van der Waals surface area contributed by atoms with E-state index >= 15 is 0 Å². The number of thiophene rings is 1. The number of nitrogens with one attached hydrogen (secondary N) is 1. The molecule has 1 atom stereocenters. The molecule has 0 aromatic carbocycles. The highest BCUT2D eigenvalue weighted by molar-refractivity contribution is 7.91. The van der Waals surface area contributed by atoms with Gasteiger partial charge in [0.05, 0.1) is 44.8 Å². The third-order valence-electron chi connectivity index (χ3n) is 5.59. The van der Waals surface area contributed by atoms with Crippen LogP contribution in [0.15, 0.2) is 48.1 Å². The number of pyridine rings is 2. The van der Waals surface area contributed by atoms with Crippen LogP contribution in [0.5, 0.6) is 0 Å². The molecule has 1 aliphatic heterocycles. The molecule has 0 saturated carbocycles. The van der Waals surface area contributed by atoms with E-state index in [0.717, 1.165) is 10.4 Å². The number of hydrogen-bond donors (Lipinski definition) is 1. The van der Waals surface area contributed by atoms with Crippen molar-refractivity contribution in [1.82, 2.24) is 25.1 Å². The smallest absolute Gasteiger partial charge is 0.252 e. The van der Waals surface area contributed by atoms with E-state index in [0.29, 0.717) is 41.0 Å². The van der Waals surface area contributed by atoms with Crippen LogP contribution >= 0.6 is 11.3 Å². The van der Waals surface area contributed by atoms with Crippen LogP contribution in [-0.4, -0.2) is 45.6 Å². The topological polar surface area (TPSA) is 107 Å². The van der Waals surface area contributed by atoms with Crippen LogP contribution in [-0.2, 0) is 16.4 Å². The maximum atomic E-state index is 13.3. The normalized spacial score (nSPS) is 17.6. The summed E-state index contributed by atoms with van der Waals surface area (Å²) in [4.78, 5) is 23.1. The minimum Gasteiger partial charge on any atom is -0.348 e. The van der Waals surface area contributed by atoms with Gasteiger partial charge in [0, 0.05) is 18.9 Å². The maximum Gasteiger partial charge on any atom is 0.252 e. The highest BCUT2D eigenvalue weighted by atomic mass is 32.2. The second-order valence-corrected chi connectivity index (χ2v) is 11.0. The fourth-order valence-corrected chi connectivity index (χ4v) is 6.42. The maximum absolute atomic E-state index is 13.3. The van der Waals surface area contributed by atoms with Gasteiger partial charge < -0.3 is 5.32 Å². The number of nitrogens with zero attached hydrogens (tertiary/aromatic N) is 4. The van der Waals surface area contributed by atoms with Crippen molar-refractivity contribution in [2.45, 2.75) is 25.9 Å². The number of hydrogen-bond acceptors (Lipinski definition) is 7. The minimum atomic E-state index is -3.09. The van der Waals surface area contributed by atoms with Gasteiger partial charge in [0.15, 0.2) is 15.5 Å². The van der Waals surface area contributed by atoms with Crippen molar-refractivity contribution >= 4 is 38.1 Å². The quantitative estimate of drug-likeness (QED) is 0.483. The van der Waals surface area contributed by atoms with Gasteiger partial charge in [-0.2, -0.15) is 5.10 Å². The molecule has 0 bridgehead atoms. The molecule has 4 aromatic heterocycles. The first-order chi connectivity index (χ1) is 15.4. The third kappa shape index (κ3) is 3.91. The summed E-state index contributed by atoms with van der Waals surface area (Å²) in [6.45, 7) is 2.17. The van der Waals surface area contributed by atoms with Crippen molar-refractivity contribution in [3.8, 4) is 10.6 Å². The van der Waals surface area contributed by atoms with Gasteiger partial charge in [-0.05, 0) is 42.5 Å². The molecule has 1 unspecified atom stereocenters. The van der Waals surface area contributed by atoms with Crippen molar-refractivity contribution in [2.24, 2.45) is 0 Å². The van der Waals surface area contributed by atoms with Crippen LogP contribution in [0.2, 0.25) is 0 Å². The van der Waals surface area contributed by atoms with Crippen molar-refractivity contribution in [1.29, 1.82) is 0 Å². The summed E-state index contributed by atoms with van der Waals surface area (Å²) in [5.41, 5.74) is 3.24. The lowest BCUT2D eigenvalue weighted by atomic mass is 10.1. The van der Waals surface area contributed by atoms with Crippen LogP contribution in [0.3, 0.4) is 0 Å². The molecular formula is C22H21N5O3S2. The summed E-state index contributed by atoms with van der Waals surface area (Å²) in [6.07, 6.45) is 3.89. The molecule has 1 amide bonds. The summed E-state index contributed by atoms with van der Waals surface area (Å²) < 4.78 is 25.9. The standard InChI is InChI=1S/C22H21N5O3S2/c1-14-20-17(22(28)24-12-15-4-2-7-23-11-15)10-18(19-5-3-8-31-19)25-21(20)27(26-14)16-6-9-32(29,30)13-16/h2-5,7-8,10-11,16H,6,9,12-13H2,1H3,(H,24,28). The predicted octanol–water partition coefficient (Wildman–Crippen LogP) is 3.15. The van der Waals surface area contributed by atoms with Gasteiger partial charge >= 0.3 is 0 Å². The second-order valence-electron chi connectivity index (χ2n) is 7.86. The van der Waals surface area contributed by atoms with Crippen molar-refractivity contribution in [3.05, 3.63) is 64.9 Å². The molecule has 1 aliphatic rings. The first-order valence-corrected chi connectivity index (χ1v) is 12.9. The number of sulfone groups is 1. The van der Waals surface area contributed by atoms with Gasteiger partial charge in [0.1, 0.15) is 0 Å². The molecule has 0 radical (unpaired) electrons. The lowest BCUT2D eigenvalue weighted by Crippen LogP contribution is -2.23. The van der Waals surface area contributed by atoms with E-state index in [-0.39, 0.29) is 23.5 Å². The van der Waals surface area contributed by atoms with Gasteiger partial charge in [0.2, 0.25) is 0 Å². The van der Waals surface area contributed by atoms with Crippen LogP contribution in [0.25, 0.3) is 21.6 Å². The van der Waals surface area contributed by atoms with Gasteiger partial charge in [0.25, 0.3) is 5.91 Å². The van der Waals surface area contributed by atoms with Crippen LogP contribution in [0, 0.1) is 6.92 Å². The lowest BCUT2D eigenvalue weighted by Gasteiger charge is -2.12. The molecule has 164 valence electrons. The molecule has 1 saturated heterocycles. The second kappa shape index (κ2) is 8.10. The van der Waals surface area contributed by atoms with E-state index in [1.165, 1.54) is 11.3 Å². The Kier molecular flexibility index (Phi) is 5.26. The van der Waals surface area contributed by atoms with Crippen molar-refractivity contribution < 1.29 is 13.2 Å². The Balaban J connectivity index is 1.60. The fourth-order valence-electron chi connectivity index (χ4n) is 4.05. The van der Waals surface area contributed by atoms with Crippen LogP contribution < -0.4 is 5.32 Å². The zero-order valence-electron chi connectivity index (χ0n) is 17.4. The Morgan fingerprint density at radius 3 is 2.88 bits per heavy atom. The van der Waals surface area contributed by atoms with Gasteiger partial charge in [-0.15, -0.1) is 11.3 Å². The largest absolute Gasteiger partial charge is 0.348 e. The summed E-state index contributed by atoms with van der Waals surface area (Å²) in [5, 5.41) is 10.2. The molecule has 0 aliphatic carbocycles. The Morgan fingerprint density at radius 2 is 2.19 bits per heavy atom. The highest BCUT2D eigenvalue weighted by Gasteiger charge is 2.32. The SMILES string of the molecule is Cc1nn(C2CCS(=O)(=O)C2)c2nc(-c3cccs3)cc(C(=O)NCc3cccnc3)c12. The zero-order valence-corrected chi connectivity index (χ0v) is 19.0. The summed E-state index contributed by atoms with van der Waals surface area (Å²) in [5.74, 6) is -0.0570. The summed E-state index contributed by atoms with van der Waals surface area (Å²) >= 11 is 1.53. The first kappa shape index (κ1) is 20.8. The van der Waals surface area contributed by atoms with Gasteiger partial charge in [-0.1, -0.05) is 12.1 Å². The Labute approximate surface area is 189 Å². The summed E-state index contributed by atoms with van der Waals surface area (Å²) in [7, 11) is -3.09. The number of rotatable bonds is 5. The van der Waals surface area contributed by atoms with E-state index < -0.39 is 9.84 Å². The number of carbonyl (C=O) groups excluding carboxylic acids is 1. The van der Waals surface area contributed by atoms with Crippen LogP contribution in [0.1, 0.15) is 34.1 Å². The minimum absolute atomic E-state index is 0.0384. The fraction of sp³-hybridized carbons (Fsp3) is 0.273. The van der Waals surface area contributed by atoms with E-state index in [1.54, 1.807) is 23.1 Å². The molecule has 4 aromatic rings. The van der Waals surface area contributed by atoms with Crippen molar-refractivity contribution in [2.75, 3.05) is 11.5 Å². The predicted molar refractivity (Wildman–Crippen MR) is 123 cm³/mol. The first-order valence-electron chi connectivity index (χ1n) is 10.2. The average molecular weight is 468 g/mol. The molecule has 1 fully saturated rings. The molecule has 1 N–H and O–H groups in total. The molecule has 0 spiro atoms. The van der Waals surface area contributed by atoms with E-state index in [1.807, 2.05) is 36.6 Å². The number of fused-ring (bicyclic) bond motifs is 1. The zero-order chi connectivity index (χ0) is 22.3. The summed E-state index contributed by atoms with van der Waals surface area (Å²) in [6, 6.07) is 9.11. The number of aryl methyl sites for hydroxylation is 1. The molecule has 10 heteroatoms. The Hall–Kier alpha value is -3.11. The van der Waals surface area contributed by atoms with E-state index in [4.69, 9.17) is 4.98 Å². The number of carbonyl (C=O) groups is 1. The number of aromatic nitrogens is 4. The van der Waals surface area contributed by atoms with E-state index in [2.05, 4.69) is 15.4 Å². The third-order valence-corrected chi connectivity index (χ3v) is 8.23. The van der Waals surface area contributed by atoms with Crippen LogP contribution in [0.4, 0.5) is 0 Å². The number of amides is 1. The molecule has 5 heterocycles. The van der Waals surface area contributed by atoms with Gasteiger partial charge in [-0.3, -0.25) is 9.78 Å². The lowest BCUT2D eigenvalue weighted by molar-refractivity contribution is 0.0952.